The van der Waals surface area contributed by atoms with E-state index < -0.39 is 27.0 Å². The average Bonchev–Trinajstić information content (AvgIpc) is 3.07. The highest BCUT2D eigenvalue weighted by molar-refractivity contribution is 7.89. The van der Waals surface area contributed by atoms with Gasteiger partial charge in [-0.15, -0.1) is 13.2 Å². The van der Waals surface area contributed by atoms with Crippen LogP contribution in [0.3, 0.4) is 0 Å². The second-order valence-corrected chi connectivity index (χ2v) is 7.57. The Balaban J connectivity index is 2.17. The smallest absolute Gasteiger partial charge is 0.405 e. The minimum Gasteiger partial charge on any atom is -0.405 e. The van der Waals surface area contributed by atoms with Crippen molar-refractivity contribution in [3.63, 3.8) is 0 Å². The van der Waals surface area contributed by atoms with E-state index in [0.717, 1.165) is 43.3 Å². The van der Waals surface area contributed by atoms with Crippen molar-refractivity contribution < 1.29 is 26.3 Å². The Labute approximate surface area is 149 Å². The average molecular weight is 386 g/mol. The largest absolute Gasteiger partial charge is 0.573 e. The van der Waals surface area contributed by atoms with Gasteiger partial charge < -0.3 is 10.1 Å². The Hall–Kier alpha value is -2.10. The third-order valence-electron chi connectivity index (χ3n) is 4.23. The van der Waals surface area contributed by atoms with Gasteiger partial charge in [-0.25, -0.2) is 13.6 Å². The number of sulfonamides is 1. The van der Waals surface area contributed by atoms with Crippen molar-refractivity contribution in [2.45, 2.75) is 23.6 Å². The van der Waals surface area contributed by atoms with Gasteiger partial charge in [0.15, 0.2) is 0 Å². The number of halogens is 3. The number of benzene rings is 2. The highest BCUT2D eigenvalue weighted by atomic mass is 32.2. The minimum atomic E-state index is -4.96. The molecular formula is C17H17F3N2O3S. The number of hydrogen-bond acceptors (Lipinski definition) is 4. The number of primary sulfonamides is 1. The fourth-order valence-electron chi connectivity index (χ4n) is 3.13. The molecule has 0 spiro atoms. The maximum atomic E-state index is 12.8. The molecule has 0 radical (unpaired) electrons. The molecule has 9 heteroatoms. The van der Waals surface area contributed by atoms with Crippen LogP contribution < -0.4 is 15.2 Å². The molecule has 26 heavy (non-hydrogen) atoms. The van der Waals surface area contributed by atoms with Gasteiger partial charge in [0.2, 0.25) is 10.0 Å². The molecule has 1 atom stereocenters. The lowest BCUT2D eigenvalue weighted by molar-refractivity contribution is -0.274. The van der Waals surface area contributed by atoms with Gasteiger partial charge in [0.25, 0.3) is 0 Å². The van der Waals surface area contributed by atoms with Crippen LogP contribution in [0.15, 0.2) is 47.4 Å². The first kappa shape index (κ1) is 18.7. The summed E-state index contributed by atoms with van der Waals surface area (Å²) in [7, 11) is -4.25. The molecule has 0 bridgehead atoms. The van der Waals surface area contributed by atoms with Crippen molar-refractivity contribution in [2.24, 2.45) is 5.14 Å². The van der Waals surface area contributed by atoms with E-state index in [2.05, 4.69) is 10.1 Å². The van der Waals surface area contributed by atoms with Crippen LogP contribution in [0.5, 0.6) is 5.75 Å². The molecule has 3 rings (SSSR count). The van der Waals surface area contributed by atoms with Crippen LogP contribution in [0.1, 0.15) is 17.9 Å². The summed E-state index contributed by atoms with van der Waals surface area (Å²) in [5.74, 6) is -0.394. The molecule has 1 saturated heterocycles. The van der Waals surface area contributed by atoms with E-state index in [9.17, 15) is 21.6 Å². The number of alkyl halides is 3. The van der Waals surface area contributed by atoms with Crippen LogP contribution >= 0.6 is 0 Å². The van der Waals surface area contributed by atoms with E-state index in [1.54, 1.807) is 18.2 Å². The van der Waals surface area contributed by atoms with Crippen molar-refractivity contribution >= 4 is 10.0 Å². The quantitative estimate of drug-likeness (QED) is 0.847. The zero-order valence-corrected chi connectivity index (χ0v) is 14.4. The molecule has 5 nitrogen and oxygen atoms in total. The molecule has 1 aliphatic rings. The lowest BCUT2D eigenvalue weighted by Crippen LogP contribution is -2.19. The summed E-state index contributed by atoms with van der Waals surface area (Å²) < 4.78 is 66.2. The Morgan fingerprint density at radius 3 is 2.50 bits per heavy atom. The monoisotopic (exact) mass is 386 g/mol. The van der Waals surface area contributed by atoms with Gasteiger partial charge in [-0.1, -0.05) is 30.3 Å². The maximum Gasteiger partial charge on any atom is 0.573 e. The fraction of sp³-hybridized carbons (Fsp3) is 0.294. The standard InChI is InChI=1S/C17H17F3N2O3S/c18-17(19,20)25-14-5-2-6-15(26(21,23)24)16(14)12-4-1-3-11(9-12)13-7-8-22-10-13/h1-6,9,13,22H,7-8,10H2,(H2,21,23,24)/t13-/m1/s1. The van der Waals surface area contributed by atoms with Crippen LogP contribution in [-0.2, 0) is 10.0 Å². The Bertz CT molecular complexity index is 908. The van der Waals surface area contributed by atoms with Crippen molar-refractivity contribution in [3.8, 4) is 16.9 Å². The van der Waals surface area contributed by atoms with Crippen molar-refractivity contribution in [1.82, 2.24) is 5.32 Å². The van der Waals surface area contributed by atoms with Gasteiger partial charge in [0, 0.05) is 12.1 Å². The van der Waals surface area contributed by atoms with E-state index in [-0.39, 0.29) is 11.5 Å². The summed E-state index contributed by atoms with van der Waals surface area (Å²) in [6, 6.07) is 10.2. The highest BCUT2D eigenvalue weighted by Crippen LogP contribution is 2.39. The second-order valence-electron chi connectivity index (χ2n) is 6.04. The molecule has 1 aliphatic heterocycles. The third-order valence-corrected chi connectivity index (χ3v) is 5.18. The zero-order valence-electron chi connectivity index (χ0n) is 13.6. The first-order chi connectivity index (χ1) is 12.1. The van der Waals surface area contributed by atoms with Crippen molar-refractivity contribution in [3.05, 3.63) is 48.0 Å². The second kappa shape index (κ2) is 6.90. The minimum absolute atomic E-state index is 0.194. The molecule has 0 amide bonds. The number of nitrogens with one attached hydrogen (secondary N) is 1. The molecule has 3 N–H and O–H groups in total. The predicted octanol–water partition coefficient (Wildman–Crippen LogP) is 2.98. The van der Waals surface area contributed by atoms with Gasteiger partial charge in [0.05, 0.1) is 4.90 Å². The Morgan fingerprint density at radius 1 is 1.15 bits per heavy atom. The Morgan fingerprint density at radius 2 is 1.88 bits per heavy atom. The summed E-state index contributed by atoms with van der Waals surface area (Å²) in [6.45, 7) is 1.61. The van der Waals surface area contributed by atoms with E-state index in [4.69, 9.17) is 5.14 Å². The van der Waals surface area contributed by atoms with E-state index in [0.29, 0.717) is 5.56 Å². The summed E-state index contributed by atoms with van der Waals surface area (Å²) in [4.78, 5) is -0.416. The van der Waals surface area contributed by atoms with Crippen LogP contribution in [0.4, 0.5) is 13.2 Å². The maximum absolute atomic E-state index is 12.8. The summed E-state index contributed by atoms with van der Waals surface area (Å²) in [6.07, 6.45) is -4.06. The van der Waals surface area contributed by atoms with Crippen LogP contribution in [0.2, 0.25) is 0 Å². The normalized spacial score (nSPS) is 18.1. The number of nitrogens with two attached hydrogens (primary N) is 1. The van der Waals surface area contributed by atoms with Crippen LogP contribution in [0.25, 0.3) is 11.1 Å². The molecule has 0 aliphatic carbocycles. The number of ether oxygens (including phenoxy) is 1. The lowest BCUT2D eigenvalue weighted by atomic mass is 9.94. The van der Waals surface area contributed by atoms with Crippen molar-refractivity contribution in [1.29, 1.82) is 0 Å². The molecule has 0 unspecified atom stereocenters. The van der Waals surface area contributed by atoms with Gasteiger partial charge in [-0.3, -0.25) is 0 Å². The lowest BCUT2D eigenvalue weighted by Gasteiger charge is -2.17. The van der Waals surface area contributed by atoms with Crippen LogP contribution in [0, 0.1) is 0 Å². The van der Waals surface area contributed by atoms with E-state index in [1.165, 1.54) is 0 Å². The van der Waals surface area contributed by atoms with Gasteiger partial charge in [0.1, 0.15) is 5.75 Å². The number of hydrogen-bond donors (Lipinski definition) is 2. The Kier molecular flexibility index (Phi) is 4.96. The first-order valence-electron chi connectivity index (χ1n) is 7.88. The molecule has 1 fully saturated rings. The molecule has 140 valence electrons. The highest BCUT2D eigenvalue weighted by Gasteiger charge is 2.33. The molecule has 2 aromatic rings. The molecule has 0 saturated carbocycles. The molecule has 1 heterocycles. The summed E-state index contributed by atoms with van der Waals surface area (Å²) in [5, 5.41) is 8.43. The molecule has 2 aromatic carbocycles. The SMILES string of the molecule is NS(=O)(=O)c1cccc(OC(F)(F)F)c1-c1cccc([C@@H]2CCNC2)c1. The van der Waals surface area contributed by atoms with E-state index >= 15 is 0 Å². The number of rotatable bonds is 4. The van der Waals surface area contributed by atoms with Gasteiger partial charge in [-0.05, 0) is 42.1 Å². The summed E-state index contributed by atoms with van der Waals surface area (Å²) >= 11 is 0. The zero-order chi connectivity index (χ0) is 18.9. The van der Waals surface area contributed by atoms with Crippen LogP contribution in [-0.4, -0.2) is 27.9 Å². The van der Waals surface area contributed by atoms with Gasteiger partial charge >= 0.3 is 6.36 Å². The third kappa shape index (κ3) is 4.17. The molecule has 0 aromatic heterocycles. The first-order valence-corrected chi connectivity index (χ1v) is 9.42. The van der Waals surface area contributed by atoms with E-state index in [1.807, 2.05) is 6.07 Å². The predicted molar refractivity (Wildman–Crippen MR) is 90.2 cm³/mol. The topological polar surface area (TPSA) is 81.4 Å². The van der Waals surface area contributed by atoms with Gasteiger partial charge in [-0.2, -0.15) is 0 Å². The van der Waals surface area contributed by atoms with Crippen molar-refractivity contribution in [2.75, 3.05) is 13.1 Å². The molecular weight excluding hydrogens is 369 g/mol. The fourth-order valence-corrected chi connectivity index (χ4v) is 3.90. The summed E-state index contributed by atoms with van der Waals surface area (Å²) in [5.41, 5.74) is 1.02.